The Balaban J connectivity index is 1.61. The number of nitrogens with zero attached hydrogens (tertiary/aromatic N) is 6. The van der Waals surface area contributed by atoms with E-state index in [0.717, 1.165) is 4.31 Å². The maximum Gasteiger partial charge on any atom is 0.253 e. The van der Waals surface area contributed by atoms with Crippen molar-refractivity contribution in [1.82, 2.24) is 24.5 Å². The molecule has 4 rings (SSSR count). The van der Waals surface area contributed by atoms with Crippen LogP contribution in [0.2, 0.25) is 0 Å². The average molecular weight is 398 g/mol. The Labute approximate surface area is 155 Å². The number of halogens is 2. The second kappa shape index (κ2) is 6.20. The highest BCUT2D eigenvalue weighted by atomic mass is 32.2. The fourth-order valence-corrected chi connectivity index (χ4v) is 4.94. The number of anilines is 1. The number of hydrogen-bond acceptors (Lipinski definition) is 6. The number of sulfonamides is 1. The SMILES string of the molecule is CN(C)S(=O)(=O)c1ccccc1Cn1nnnc1N1CC2CC(F)(F)C2C1. The van der Waals surface area contributed by atoms with Crippen LogP contribution in [0.25, 0.3) is 0 Å². The highest BCUT2D eigenvalue weighted by Gasteiger charge is 2.60. The minimum absolute atomic E-state index is 0.0495. The van der Waals surface area contributed by atoms with Crippen LogP contribution in [0.5, 0.6) is 0 Å². The maximum atomic E-state index is 13.7. The minimum Gasteiger partial charge on any atom is -0.339 e. The van der Waals surface area contributed by atoms with Crippen molar-refractivity contribution >= 4 is 16.0 Å². The van der Waals surface area contributed by atoms with Crippen LogP contribution in [0.15, 0.2) is 29.2 Å². The summed E-state index contributed by atoms with van der Waals surface area (Å²) in [5, 5.41) is 11.6. The predicted molar refractivity (Wildman–Crippen MR) is 93.0 cm³/mol. The molecule has 1 aromatic heterocycles. The van der Waals surface area contributed by atoms with Crippen molar-refractivity contribution in [2.75, 3.05) is 32.1 Å². The number of fused-ring (bicyclic) bond motifs is 1. The molecule has 0 bridgehead atoms. The zero-order valence-electron chi connectivity index (χ0n) is 15.0. The van der Waals surface area contributed by atoms with Crippen LogP contribution in [-0.4, -0.2) is 66.0 Å². The van der Waals surface area contributed by atoms with Gasteiger partial charge >= 0.3 is 0 Å². The molecule has 146 valence electrons. The smallest absolute Gasteiger partial charge is 0.253 e. The summed E-state index contributed by atoms with van der Waals surface area (Å²) in [5.41, 5.74) is 0.534. The summed E-state index contributed by atoms with van der Waals surface area (Å²) >= 11 is 0. The van der Waals surface area contributed by atoms with Crippen molar-refractivity contribution in [1.29, 1.82) is 0 Å². The third-order valence-corrected chi connectivity index (χ3v) is 7.28. The lowest BCUT2D eigenvalue weighted by Crippen LogP contribution is -2.46. The Morgan fingerprint density at radius 3 is 2.67 bits per heavy atom. The molecule has 2 fully saturated rings. The van der Waals surface area contributed by atoms with Crippen LogP contribution in [0.1, 0.15) is 12.0 Å². The molecule has 0 spiro atoms. The lowest BCUT2D eigenvalue weighted by Gasteiger charge is -2.38. The second-order valence-electron chi connectivity index (χ2n) is 7.27. The summed E-state index contributed by atoms with van der Waals surface area (Å²) in [6, 6.07) is 6.63. The number of hydrogen-bond donors (Lipinski definition) is 0. The largest absolute Gasteiger partial charge is 0.339 e. The third kappa shape index (κ3) is 2.98. The molecule has 1 saturated carbocycles. The lowest BCUT2D eigenvalue weighted by atomic mass is 9.72. The molecule has 0 radical (unpaired) electrons. The van der Waals surface area contributed by atoms with Crippen LogP contribution in [0.4, 0.5) is 14.7 Å². The fraction of sp³-hybridized carbons (Fsp3) is 0.562. The molecule has 0 amide bonds. The molecule has 0 N–H and O–H groups in total. The van der Waals surface area contributed by atoms with Gasteiger partial charge in [0.25, 0.3) is 5.92 Å². The van der Waals surface area contributed by atoms with Crippen LogP contribution in [-0.2, 0) is 16.6 Å². The normalized spacial score (nSPS) is 24.1. The average Bonchev–Trinajstić information content (AvgIpc) is 3.19. The second-order valence-corrected chi connectivity index (χ2v) is 9.39. The topological polar surface area (TPSA) is 84.2 Å². The Hall–Kier alpha value is -2.14. The van der Waals surface area contributed by atoms with Gasteiger partial charge in [0, 0.05) is 39.5 Å². The molecule has 1 aliphatic heterocycles. The molecule has 1 aromatic carbocycles. The van der Waals surface area contributed by atoms with E-state index >= 15 is 0 Å². The van der Waals surface area contributed by atoms with Crippen molar-refractivity contribution in [2.45, 2.75) is 23.8 Å². The molecular weight excluding hydrogens is 378 g/mol. The number of benzene rings is 1. The summed E-state index contributed by atoms with van der Waals surface area (Å²) in [6.45, 7) is 0.821. The van der Waals surface area contributed by atoms with E-state index in [1.807, 2.05) is 0 Å². The summed E-state index contributed by atoms with van der Waals surface area (Å²) in [7, 11) is -0.693. The molecule has 2 heterocycles. The van der Waals surface area contributed by atoms with Crippen molar-refractivity contribution in [3.05, 3.63) is 29.8 Å². The molecule has 8 nitrogen and oxygen atoms in total. The van der Waals surface area contributed by atoms with Crippen LogP contribution in [0, 0.1) is 11.8 Å². The van der Waals surface area contributed by atoms with Crippen molar-refractivity contribution in [2.24, 2.45) is 11.8 Å². The van der Waals surface area contributed by atoms with Crippen molar-refractivity contribution < 1.29 is 17.2 Å². The summed E-state index contributed by atoms with van der Waals surface area (Å²) < 4.78 is 55.0. The van der Waals surface area contributed by atoms with Crippen molar-refractivity contribution in [3.63, 3.8) is 0 Å². The molecule has 27 heavy (non-hydrogen) atoms. The monoisotopic (exact) mass is 398 g/mol. The zero-order valence-corrected chi connectivity index (χ0v) is 15.8. The number of tetrazole rings is 1. The molecule has 2 atom stereocenters. The van der Waals surface area contributed by atoms with Crippen LogP contribution in [0.3, 0.4) is 0 Å². The summed E-state index contributed by atoms with van der Waals surface area (Å²) in [4.78, 5) is 1.93. The number of aromatic nitrogens is 4. The lowest BCUT2D eigenvalue weighted by molar-refractivity contribution is -0.152. The van der Waals surface area contributed by atoms with Gasteiger partial charge < -0.3 is 4.90 Å². The molecule has 2 aromatic rings. The first-order valence-electron chi connectivity index (χ1n) is 8.59. The van der Waals surface area contributed by atoms with E-state index in [1.54, 1.807) is 23.1 Å². The van der Waals surface area contributed by atoms with Crippen molar-refractivity contribution in [3.8, 4) is 0 Å². The third-order valence-electron chi connectivity index (χ3n) is 5.37. The predicted octanol–water partition coefficient (Wildman–Crippen LogP) is 1.06. The van der Waals surface area contributed by atoms with E-state index in [4.69, 9.17) is 0 Å². The fourth-order valence-electron chi connectivity index (χ4n) is 3.83. The molecule has 11 heteroatoms. The van der Waals surface area contributed by atoms with E-state index in [2.05, 4.69) is 15.5 Å². The van der Waals surface area contributed by atoms with Gasteiger partial charge in [0.1, 0.15) is 0 Å². The highest BCUT2D eigenvalue weighted by molar-refractivity contribution is 7.89. The van der Waals surface area contributed by atoms with Gasteiger partial charge in [-0.1, -0.05) is 23.3 Å². The minimum atomic E-state index is -3.63. The molecule has 1 saturated heterocycles. The Morgan fingerprint density at radius 1 is 1.26 bits per heavy atom. The Kier molecular flexibility index (Phi) is 4.18. The van der Waals surface area contributed by atoms with E-state index < -0.39 is 21.9 Å². The van der Waals surface area contributed by atoms with E-state index in [-0.39, 0.29) is 30.3 Å². The maximum absolute atomic E-state index is 13.7. The van der Waals surface area contributed by atoms with Crippen LogP contribution < -0.4 is 4.90 Å². The molecule has 2 aliphatic rings. The summed E-state index contributed by atoms with van der Waals surface area (Å²) in [5.74, 6) is -2.95. The Morgan fingerprint density at radius 2 is 2.00 bits per heavy atom. The van der Waals surface area contributed by atoms with E-state index in [9.17, 15) is 17.2 Å². The summed E-state index contributed by atoms with van der Waals surface area (Å²) in [6.07, 6.45) is -0.0976. The quantitative estimate of drug-likeness (QED) is 0.749. The van der Waals surface area contributed by atoms with Gasteiger partial charge in [0.05, 0.1) is 11.4 Å². The van der Waals surface area contributed by atoms with Gasteiger partial charge in [0.2, 0.25) is 16.0 Å². The first-order chi connectivity index (χ1) is 12.7. The van der Waals surface area contributed by atoms with E-state index in [1.165, 1.54) is 24.8 Å². The number of alkyl halides is 2. The van der Waals surface area contributed by atoms with Gasteiger partial charge in [-0.05, 0) is 28.0 Å². The van der Waals surface area contributed by atoms with Gasteiger partial charge in [0.15, 0.2) is 0 Å². The zero-order chi connectivity index (χ0) is 19.4. The number of rotatable bonds is 5. The first kappa shape index (κ1) is 18.2. The molecular formula is C16H20F2N6O2S. The van der Waals surface area contributed by atoms with E-state index in [0.29, 0.717) is 18.1 Å². The Bertz CT molecular complexity index is 961. The van der Waals surface area contributed by atoms with Gasteiger partial charge in [-0.2, -0.15) is 0 Å². The highest BCUT2D eigenvalue weighted by Crippen LogP contribution is 2.52. The molecule has 2 unspecified atom stereocenters. The first-order valence-corrected chi connectivity index (χ1v) is 10.0. The van der Waals surface area contributed by atoms with Gasteiger partial charge in [-0.3, -0.25) is 0 Å². The standard InChI is InChI=1S/C16H20F2N6O2S/c1-22(2)27(25,26)14-6-4-3-5-11(14)9-24-15(19-20-21-24)23-8-12-7-16(17,18)13(12)10-23/h3-6,12-13H,7-10H2,1-2H3. The van der Waals surface area contributed by atoms with Crippen LogP contribution >= 0.6 is 0 Å². The van der Waals surface area contributed by atoms with Gasteiger partial charge in [-0.15, -0.1) is 0 Å². The molecule has 1 aliphatic carbocycles. The van der Waals surface area contributed by atoms with Gasteiger partial charge in [-0.25, -0.2) is 26.2 Å².